The third kappa shape index (κ3) is 8.20. The van der Waals surface area contributed by atoms with Crippen molar-refractivity contribution < 1.29 is 4.79 Å². The molecule has 6 heteroatoms. The highest BCUT2D eigenvalue weighted by Gasteiger charge is 2.11. The van der Waals surface area contributed by atoms with E-state index in [9.17, 15) is 4.79 Å². The van der Waals surface area contributed by atoms with Gasteiger partial charge in [-0.15, -0.1) is 24.0 Å². The first kappa shape index (κ1) is 21.7. The number of rotatable bonds is 6. The van der Waals surface area contributed by atoms with Crippen molar-refractivity contribution in [2.45, 2.75) is 32.9 Å². The minimum absolute atomic E-state index is 0. The van der Waals surface area contributed by atoms with Crippen molar-refractivity contribution >= 4 is 35.8 Å². The fourth-order valence-electron chi connectivity index (χ4n) is 1.82. The highest BCUT2D eigenvalue weighted by Crippen LogP contribution is 2.04. The maximum absolute atomic E-state index is 11.8. The standard InChI is InChI=1S/C17H28N4O.HI/c1-6-14(2)19-17(18-12-16(22)20(3)4)21(5)13-15-10-8-7-9-11-15;/h7-11,14H,6,12-13H2,1-5H3,(H,18,19);1H. The molecule has 130 valence electrons. The predicted molar refractivity (Wildman–Crippen MR) is 107 cm³/mol. The minimum atomic E-state index is -0.00318. The van der Waals surface area contributed by atoms with Gasteiger partial charge in [0.1, 0.15) is 6.54 Å². The lowest BCUT2D eigenvalue weighted by atomic mass is 10.2. The SMILES string of the molecule is CCC(C)NC(=NCC(=O)N(C)C)N(C)Cc1ccccc1.I. The first-order valence-electron chi connectivity index (χ1n) is 7.70. The molecule has 0 aliphatic heterocycles. The Labute approximate surface area is 157 Å². The third-order valence-electron chi connectivity index (χ3n) is 3.47. The van der Waals surface area contributed by atoms with Crippen LogP contribution in [0.2, 0.25) is 0 Å². The number of hydrogen-bond donors (Lipinski definition) is 1. The molecule has 23 heavy (non-hydrogen) atoms. The van der Waals surface area contributed by atoms with Crippen LogP contribution >= 0.6 is 24.0 Å². The van der Waals surface area contributed by atoms with E-state index in [1.54, 1.807) is 19.0 Å². The van der Waals surface area contributed by atoms with Gasteiger partial charge in [0, 0.05) is 33.7 Å². The molecule has 0 fully saturated rings. The molecule has 0 spiro atoms. The number of carbonyl (C=O) groups is 1. The van der Waals surface area contributed by atoms with Crippen LogP contribution in [0, 0.1) is 0 Å². The van der Waals surface area contributed by atoms with Crippen molar-refractivity contribution in [3.8, 4) is 0 Å². The van der Waals surface area contributed by atoms with Crippen molar-refractivity contribution in [3.05, 3.63) is 35.9 Å². The van der Waals surface area contributed by atoms with E-state index in [0.717, 1.165) is 18.9 Å². The number of amides is 1. The molecule has 1 atom stereocenters. The lowest BCUT2D eigenvalue weighted by Gasteiger charge is -2.25. The summed E-state index contributed by atoms with van der Waals surface area (Å²) in [7, 11) is 5.47. The van der Waals surface area contributed by atoms with Gasteiger partial charge in [-0.05, 0) is 18.9 Å². The second-order valence-electron chi connectivity index (χ2n) is 5.72. The smallest absolute Gasteiger partial charge is 0.243 e. The topological polar surface area (TPSA) is 47.9 Å². The fourth-order valence-corrected chi connectivity index (χ4v) is 1.82. The number of guanidine groups is 1. The summed E-state index contributed by atoms with van der Waals surface area (Å²) in [4.78, 5) is 19.8. The molecule has 0 saturated carbocycles. The molecule has 0 radical (unpaired) electrons. The van der Waals surface area contributed by atoms with Crippen LogP contribution in [-0.4, -0.2) is 55.4 Å². The molecule has 1 unspecified atom stereocenters. The highest BCUT2D eigenvalue weighted by atomic mass is 127. The summed E-state index contributed by atoms with van der Waals surface area (Å²) >= 11 is 0. The third-order valence-corrected chi connectivity index (χ3v) is 3.47. The molecular weight excluding hydrogens is 403 g/mol. The van der Waals surface area contributed by atoms with E-state index < -0.39 is 0 Å². The molecule has 1 aromatic rings. The van der Waals surface area contributed by atoms with E-state index in [1.807, 2.05) is 30.1 Å². The first-order valence-corrected chi connectivity index (χ1v) is 7.70. The van der Waals surface area contributed by atoms with Crippen LogP contribution in [0.3, 0.4) is 0 Å². The largest absolute Gasteiger partial charge is 0.354 e. The Morgan fingerprint density at radius 1 is 1.22 bits per heavy atom. The average Bonchev–Trinajstić information content (AvgIpc) is 2.51. The summed E-state index contributed by atoms with van der Waals surface area (Å²) in [5.74, 6) is 0.755. The molecule has 0 saturated heterocycles. The van der Waals surface area contributed by atoms with Gasteiger partial charge in [0.25, 0.3) is 0 Å². The second kappa shape index (κ2) is 11.3. The zero-order valence-corrected chi connectivity index (χ0v) is 17.1. The Bertz CT molecular complexity index is 491. The van der Waals surface area contributed by atoms with Crippen LogP contribution < -0.4 is 5.32 Å². The number of benzene rings is 1. The summed E-state index contributed by atoms with van der Waals surface area (Å²) < 4.78 is 0. The Morgan fingerprint density at radius 3 is 2.35 bits per heavy atom. The van der Waals surface area contributed by atoms with E-state index in [0.29, 0.717) is 6.04 Å². The number of halogens is 1. The van der Waals surface area contributed by atoms with Gasteiger partial charge in [-0.3, -0.25) is 4.79 Å². The highest BCUT2D eigenvalue weighted by molar-refractivity contribution is 14.0. The lowest BCUT2D eigenvalue weighted by molar-refractivity contribution is -0.127. The Morgan fingerprint density at radius 2 is 1.83 bits per heavy atom. The van der Waals surface area contributed by atoms with Crippen LogP contribution in [0.4, 0.5) is 0 Å². The molecule has 0 aliphatic rings. The normalized spacial score (nSPS) is 12.1. The average molecular weight is 432 g/mol. The van der Waals surface area contributed by atoms with Crippen LogP contribution in [-0.2, 0) is 11.3 Å². The van der Waals surface area contributed by atoms with Gasteiger partial charge < -0.3 is 15.1 Å². The summed E-state index contributed by atoms with van der Waals surface area (Å²) in [6.45, 7) is 5.14. The van der Waals surface area contributed by atoms with Gasteiger partial charge in [0.2, 0.25) is 5.91 Å². The Balaban J connectivity index is 0.00000484. The number of carbonyl (C=O) groups excluding carboxylic acids is 1. The number of likely N-dealkylation sites (N-methyl/N-ethyl adjacent to an activating group) is 1. The summed E-state index contributed by atoms with van der Waals surface area (Å²) in [5, 5.41) is 3.39. The Kier molecular flexibility index (Phi) is 10.6. The van der Waals surface area contributed by atoms with Gasteiger partial charge in [0.15, 0.2) is 5.96 Å². The second-order valence-corrected chi connectivity index (χ2v) is 5.72. The van der Waals surface area contributed by atoms with Gasteiger partial charge in [-0.25, -0.2) is 4.99 Å². The number of hydrogen-bond acceptors (Lipinski definition) is 2. The summed E-state index contributed by atoms with van der Waals surface area (Å²) in [5.41, 5.74) is 1.21. The van der Waals surface area contributed by atoms with E-state index in [2.05, 4.69) is 36.3 Å². The Hall–Kier alpha value is -1.31. The van der Waals surface area contributed by atoms with Crippen molar-refractivity contribution in [2.75, 3.05) is 27.7 Å². The molecule has 0 aromatic heterocycles. The van der Waals surface area contributed by atoms with Gasteiger partial charge >= 0.3 is 0 Å². The van der Waals surface area contributed by atoms with E-state index >= 15 is 0 Å². The quantitative estimate of drug-likeness (QED) is 0.427. The van der Waals surface area contributed by atoms with Gasteiger partial charge in [-0.1, -0.05) is 37.3 Å². The molecule has 1 N–H and O–H groups in total. The van der Waals surface area contributed by atoms with E-state index in [1.165, 1.54) is 5.56 Å². The monoisotopic (exact) mass is 432 g/mol. The van der Waals surface area contributed by atoms with Crippen molar-refractivity contribution in [1.29, 1.82) is 0 Å². The molecule has 0 bridgehead atoms. The van der Waals surface area contributed by atoms with Crippen molar-refractivity contribution in [1.82, 2.24) is 15.1 Å². The number of nitrogens with one attached hydrogen (secondary N) is 1. The zero-order chi connectivity index (χ0) is 16.5. The van der Waals surface area contributed by atoms with E-state index in [4.69, 9.17) is 0 Å². The van der Waals surface area contributed by atoms with Crippen LogP contribution in [0.5, 0.6) is 0 Å². The number of aliphatic imine (C=N–C) groups is 1. The van der Waals surface area contributed by atoms with Gasteiger partial charge in [-0.2, -0.15) is 0 Å². The van der Waals surface area contributed by atoms with Crippen LogP contribution in [0.1, 0.15) is 25.8 Å². The molecule has 1 amide bonds. The lowest BCUT2D eigenvalue weighted by Crippen LogP contribution is -2.43. The maximum atomic E-state index is 11.8. The molecule has 1 aromatic carbocycles. The molecular formula is C17H29IN4O. The van der Waals surface area contributed by atoms with Crippen LogP contribution in [0.15, 0.2) is 35.3 Å². The molecule has 5 nitrogen and oxygen atoms in total. The molecule has 0 heterocycles. The molecule has 1 rings (SSSR count). The number of nitrogens with zero attached hydrogens (tertiary/aromatic N) is 3. The fraction of sp³-hybridized carbons (Fsp3) is 0.529. The molecule has 0 aliphatic carbocycles. The zero-order valence-electron chi connectivity index (χ0n) is 14.7. The minimum Gasteiger partial charge on any atom is -0.354 e. The summed E-state index contributed by atoms with van der Waals surface area (Å²) in [6, 6.07) is 10.5. The van der Waals surface area contributed by atoms with E-state index in [-0.39, 0.29) is 36.4 Å². The first-order chi connectivity index (χ1) is 10.4. The van der Waals surface area contributed by atoms with Crippen LogP contribution in [0.25, 0.3) is 0 Å². The van der Waals surface area contributed by atoms with Gasteiger partial charge in [0.05, 0.1) is 0 Å². The maximum Gasteiger partial charge on any atom is 0.243 e. The summed E-state index contributed by atoms with van der Waals surface area (Å²) in [6.07, 6.45) is 1.000. The van der Waals surface area contributed by atoms with Crippen molar-refractivity contribution in [2.24, 2.45) is 4.99 Å². The van der Waals surface area contributed by atoms with Crippen molar-refractivity contribution in [3.63, 3.8) is 0 Å². The predicted octanol–water partition coefficient (Wildman–Crippen LogP) is 2.57.